The van der Waals surface area contributed by atoms with E-state index >= 15 is 0 Å². The van der Waals surface area contributed by atoms with Crippen molar-refractivity contribution >= 4 is 19.2 Å². The Labute approximate surface area is 331 Å². The average Bonchev–Trinajstić information content (AvgIpc) is 3.74. The minimum atomic E-state index is -4.70. The fourth-order valence-electron chi connectivity index (χ4n) is 6.88. The molecule has 16 heteroatoms. The Bertz CT molecular complexity index is 1670. The minimum Gasteiger partial charge on any atom is -0.386 e. The summed E-state index contributed by atoms with van der Waals surface area (Å²) in [6, 6.07) is 8.43. The number of fused-ring (bicyclic) bond motifs is 1. The molecule has 56 heavy (non-hydrogen) atoms. The normalized spacial score (nSPS) is 21.3. The maximum atomic E-state index is 13.1. The minimum absolute atomic E-state index is 0.105. The highest BCUT2D eigenvalue weighted by atomic mass is 31.2. The molecule has 312 valence electrons. The summed E-state index contributed by atoms with van der Waals surface area (Å²) in [6.07, 6.45) is 20.9. The molecule has 0 aromatic carbocycles. The first-order valence-corrected chi connectivity index (χ1v) is 21.8. The summed E-state index contributed by atoms with van der Waals surface area (Å²) in [7, 11) is -4.70. The van der Waals surface area contributed by atoms with Crippen LogP contribution in [0.1, 0.15) is 134 Å². The lowest BCUT2D eigenvalue weighted by molar-refractivity contribution is -0.101. The maximum absolute atomic E-state index is 13.1. The first-order valence-electron chi connectivity index (χ1n) is 20.3. The molecule has 0 radical (unpaired) electrons. The first-order chi connectivity index (χ1) is 27.0. The second-order valence-corrected chi connectivity index (χ2v) is 16.6. The van der Waals surface area contributed by atoms with E-state index in [4.69, 9.17) is 34.3 Å². The number of nitriles is 1. The van der Waals surface area contributed by atoms with Gasteiger partial charge in [0.15, 0.2) is 11.4 Å². The molecule has 15 nitrogen and oxygen atoms in total. The molecular formula is C40H63N6O9P. The van der Waals surface area contributed by atoms with Gasteiger partial charge in [-0.2, -0.15) is 10.4 Å². The molecule has 1 aliphatic heterocycles. The third-order valence-corrected chi connectivity index (χ3v) is 11.3. The van der Waals surface area contributed by atoms with Gasteiger partial charge in [-0.1, -0.05) is 109 Å². The number of pyridine rings is 1. The molecule has 4 rings (SSSR count). The van der Waals surface area contributed by atoms with E-state index in [0.29, 0.717) is 17.7 Å². The van der Waals surface area contributed by atoms with Crippen molar-refractivity contribution in [3.63, 3.8) is 0 Å². The first kappa shape index (κ1) is 45.7. The van der Waals surface area contributed by atoms with Gasteiger partial charge in [-0.05, 0) is 37.1 Å². The molecule has 1 aliphatic rings. The highest BCUT2D eigenvalue weighted by Crippen LogP contribution is 2.47. The summed E-state index contributed by atoms with van der Waals surface area (Å²) in [6.45, 7) is 3.17. The number of phosphoric ester groups is 1. The number of phosphoric acid groups is 1. The molecule has 4 heterocycles. The Kier molecular flexibility index (Phi) is 19.1. The van der Waals surface area contributed by atoms with E-state index in [0.717, 1.165) is 19.3 Å². The number of ether oxygens (including phenoxy) is 3. The molecule has 0 saturated carbocycles. The molecule has 1 saturated heterocycles. The molecule has 3 aromatic heterocycles. The molecule has 5 N–H and O–H groups in total. The Hall–Kier alpha value is -3.03. The molecule has 5 atom stereocenters. The Morgan fingerprint density at radius 1 is 0.964 bits per heavy atom. The lowest BCUT2D eigenvalue weighted by atomic mass is 9.86. The van der Waals surface area contributed by atoms with Gasteiger partial charge in [0.05, 0.1) is 38.7 Å². The van der Waals surface area contributed by atoms with E-state index in [1.807, 2.05) is 6.07 Å². The van der Waals surface area contributed by atoms with Crippen LogP contribution in [-0.4, -0.2) is 85.5 Å². The van der Waals surface area contributed by atoms with E-state index in [1.54, 1.807) is 24.3 Å². The number of hydrogen-bond donors (Lipinski definition) is 4. The van der Waals surface area contributed by atoms with Crippen LogP contribution in [0.25, 0.3) is 5.52 Å². The smallest absolute Gasteiger partial charge is 0.386 e. The van der Waals surface area contributed by atoms with Crippen LogP contribution in [0.4, 0.5) is 5.82 Å². The van der Waals surface area contributed by atoms with Crippen molar-refractivity contribution < 1.29 is 42.9 Å². The lowest BCUT2D eigenvalue weighted by Gasteiger charge is -2.32. The van der Waals surface area contributed by atoms with Gasteiger partial charge in [0, 0.05) is 12.8 Å². The van der Waals surface area contributed by atoms with Crippen molar-refractivity contribution in [3.8, 4) is 6.07 Å². The second kappa shape index (κ2) is 23.4. The van der Waals surface area contributed by atoms with Crippen molar-refractivity contribution in [1.82, 2.24) is 19.6 Å². The summed E-state index contributed by atoms with van der Waals surface area (Å²) in [5.41, 5.74) is 4.02. The highest BCUT2D eigenvalue weighted by molar-refractivity contribution is 7.47. The molecule has 0 spiro atoms. The van der Waals surface area contributed by atoms with Crippen LogP contribution in [0.15, 0.2) is 36.8 Å². The summed E-state index contributed by atoms with van der Waals surface area (Å²) < 4.78 is 42.7. The predicted octanol–water partition coefficient (Wildman–Crippen LogP) is 6.91. The van der Waals surface area contributed by atoms with Crippen LogP contribution in [0.2, 0.25) is 0 Å². The van der Waals surface area contributed by atoms with Crippen LogP contribution < -0.4 is 5.73 Å². The number of hydrogen-bond acceptors (Lipinski definition) is 13. The zero-order chi connectivity index (χ0) is 40.3. The maximum Gasteiger partial charge on any atom is 0.472 e. The van der Waals surface area contributed by atoms with Crippen LogP contribution in [0.3, 0.4) is 0 Å². The third-order valence-electron chi connectivity index (χ3n) is 10.4. The van der Waals surface area contributed by atoms with Gasteiger partial charge in [0.25, 0.3) is 0 Å². The topological polar surface area (TPSA) is 217 Å². The number of aliphatic hydroxyl groups excluding tert-OH is 1. The third kappa shape index (κ3) is 14.1. The van der Waals surface area contributed by atoms with Gasteiger partial charge in [-0.3, -0.25) is 9.05 Å². The van der Waals surface area contributed by atoms with Crippen LogP contribution >= 0.6 is 7.82 Å². The number of aliphatic hydroxyl groups is 2. The summed E-state index contributed by atoms with van der Waals surface area (Å²) >= 11 is 0. The predicted molar refractivity (Wildman–Crippen MR) is 211 cm³/mol. The molecule has 1 fully saturated rings. The van der Waals surface area contributed by atoms with E-state index in [9.17, 15) is 19.7 Å². The number of nitrogen functional groups attached to an aromatic ring is 1. The fraction of sp³-hybridized carbons (Fsp3) is 0.700. The van der Waals surface area contributed by atoms with E-state index < -0.39 is 37.8 Å². The Morgan fingerprint density at radius 3 is 2.21 bits per heavy atom. The second-order valence-electron chi connectivity index (χ2n) is 15.1. The Balaban J connectivity index is 1.16. The number of anilines is 1. The van der Waals surface area contributed by atoms with Crippen molar-refractivity contribution in [2.75, 3.05) is 38.8 Å². The zero-order valence-corrected chi connectivity index (χ0v) is 34.1. The molecule has 0 bridgehead atoms. The molecule has 1 unspecified atom stereocenters. The summed E-state index contributed by atoms with van der Waals surface area (Å²) in [4.78, 5) is 18.6. The molecule has 0 aliphatic carbocycles. The summed E-state index contributed by atoms with van der Waals surface area (Å²) in [5, 5.41) is 36.0. The molecular weight excluding hydrogens is 739 g/mol. The van der Waals surface area contributed by atoms with Gasteiger partial charge in [0.1, 0.15) is 41.4 Å². The molecule has 3 aromatic rings. The van der Waals surface area contributed by atoms with Crippen LogP contribution in [0, 0.1) is 11.3 Å². The van der Waals surface area contributed by atoms with Crippen LogP contribution in [0.5, 0.6) is 0 Å². The van der Waals surface area contributed by atoms with Crippen molar-refractivity contribution in [2.24, 2.45) is 0 Å². The van der Waals surface area contributed by atoms with Gasteiger partial charge >= 0.3 is 7.82 Å². The SMILES string of the molecule is CCCCCCCCCCCCCCCCCCOC[C@H](COP(=O)(O)OC[C@@]1(C)OC[C@](O)(c2ccc3c(N)ncnn23)[C@@H]1O)OCc1ccc(C#N)nc1. The Morgan fingerprint density at radius 2 is 1.61 bits per heavy atom. The van der Waals surface area contributed by atoms with E-state index in [2.05, 4.69) is 22.0 Å². The quantitative estimate of drug-likeness (QED) is 0.0414. The number of aromatic nitrogens is 4. The fourth-order valence-corrected chi connectivity index (χ4v) is 7.73. The van der Waals surface area contributed by atoms with Gasteiger partial charge in [-0.25, -0.2) is 19.0 Å². The number of rotatable bonds is 29. The standard InChI is InChI=1S/C40H63N6O9P/c1-3-4-5-6-7-8-9-10-11-12-13-14-15-16-17-18-23-51-27-34(52-26-32-19-20-33(24-41)43-25-32)28-54-56(49,50)55-29-39(2)38(47)40(48,30-53-39)36-22-21-35-37(42)44-31-45-46(35)36/h19-22,25,31,34,38,47-48H,3-18,23,26-30H2,1-2H3,(H,49,50)(H2,42,44,45)/t34-,38-,39-,40+/m1/s1. The summed E-state index contributed by atoms with van der Waals surface area (Å²) in [5.74, 6) is 0.189. The van der Waals surface area contributed by atoms with Gasteiger partial charge in [-0.15, -0.1) is 0 Å². The van der Waals surface area contributed by atoms with Crippen LogP contribution in [-0.2, 0) is 40.0 Å². The van der Waals surface area contributed by atoms with Gasteiger partial charge < -0.3 is 35.1 Å². The van der Waals surface area contributed by atoms with Crippen molar-refractivity contribution in [1.29, 1.82) is 5.26 Å². The highest BCUT2D eigenvalue weighted by Gasteiger charge is 2.58. The zero-order valence-electron chi connectivity index (χ0n) is 33.2. The number of nitrogens with zero attached hydrogens (tertiary/aromatic N) is 5. The largest absolute Gasteiger partial charge is 0.472 e. The monoisotopic (exact) mass is 802 g/mol. The average molecular weight is 803 g/mol. The van der Waals surface area contributed by atoms with Crippen molar-refractivity contribution in [3.05, 3.63) is 53.7 Å². The number of unbranched alkanes of at least 4 members (excludes halogenated alkanes) is 15. The van der Waals surface area contributed by atoms with Crippen molar-refractivity contribution in [2.45, 2.75) is 147 Å². The molecule has 0 amide bonds. The lowest BCUT2D eigenvalue weighted by Crippen LogP contribution is -2.49. The van der Waals surface area contributed by atoms with E-state index in [1.165, 1.54) is 107 Å². The van der Waals surface area contributed by atoms with Gasteiger partial charge in [0.2, 0.25) is 0 Å². The van der Waals surface area contributed by atoms with E-state index in [-0.39, 0.29) is 43.6 Å². The number of nitrogens with two attached hydrogens (primary N) is 1.